The van der Waals surface area contributed by atoms with Gasteiger partial charge in [-0.15, -0.1) is 22.9 Å². The maximum absolute atomic E-state index is 5.91. The van der Waals surface area contributed by atoms with E-state index in [1.807, 2.05) is 6.20 Å². The van der Waals surface area contributed by atoms with Crippen molar-refractivity contribution in [3.05, 3.63) is 45.7 Å². The molecule has 0 spiro atoms. The smallest absolute Gasteiger partial charge is 0.113 e. The second-order valence-corrected chi connectivity index (χ2v) is 6.61. The van der Waals surface area contributed by atoms with Gasteiger partial charge in [-0.2, -0.15) is 0 Å². The summed E-state index contributed by atoms with van der Waals surface area (Å²) in [6.07, 6.45) is 2.70. The predicted molar refractivity (Wildman–Crippen MR) is 84.8 cm³/mol. The molecule has 0 saturated carbocycles. The lowest BCUT2D eigenvalue weighted by molar-refractivity contribution is 0.750. The van der Waals surface area contributed by atoms with Crippen LogP contribution < -0.4 is 0 Å². The largest absolute Gasteiger partial charge is 0.321 e. The van der Waals surface area contributed by atoms with Crippen LogP contribution in [0.4, 0.5) is 0 Å². The summed E-state index contributed by atoms with van der Waals surface area (Å²) < 4.78 is 2.23. The Balaban J connectivity index is 2.08. The minimum atomic E-state index is 0.583. The highest BCUT2D eigenvalue weighted by Crippen LogP contribution is 2.21. The number of aromatic nitrogens is 3. The first-order valence-electron chi connectivity index (χ1n) is 6.60. The van der Waals surface area contributed by atoms with E-state index in [-0.39, 0.29) is 0 Å². The molecule has 3 aromatic rings. The first-order valence-corrected chi connectivity index (χ1v) is 7.95. The van der Waals surface area contributed by atoms with Crippen LogP contribution in [0, 0.1) is 13.8 Å². The molecule has 0 aliphatic heterocycles. The summed E-state index contributed by atoms with van der Waals surface area (Å²) in [5.74, 6) is 1.62. The van der Waals surface area contributed by atoms with Crippen molar-refractivity contribution in [1.29, 1.82) is 0 Å². The molecule has 0 N–H and O–H groups in total. The highest BCUT2D eigenvalue weighted by Gasteiger charge is 2.12. The van der Waals surface area contributed by atoms with Gasteiger partial charge in [0, 0.05) is 23.4 Å². The number of hydrogen-bond donors (Lipinski definition) is 0. The molecule has 104 valence electrons. The number of imidazole rings is 1. The summed E-state index contributed by atoms with van der Waals surface area (Å²) in [7, 11) is 0. The van der Waals surface area contributed by atoms with E-state index < -0.39 is 0 Å². The highest BCUT2D eigenvalue weighted by atomic mass is 35.5. The molecule has 2 aromatic heterocycles. The zero-order valence-electron chi connectivity index (χ0n) is 11.6. The summed E-state index contributed by atoms with van der Waals surface area (Å²) in [6.45, 7) is 4.93. The van der Waals surface area contributed by atoms with Gasteiger partial charge in [-0.1, -0.05) is 6.07 Å². The highest BCUT2D eigenvalue weighted by molar-refractivity contribution is 7.11. The van der Waals surface area contributed by atoms with Gasteiger partial charge in [-0.25, -0.2) is 9.97 Å². The molecule has 5 heteroatoms. The zero-order chi connectivity index (χ0) is 14.1. The summed E-state index contributed by atoms with van der Waals surface area (Å²) >= 11 is 7.64. The van der Waals surface area contributed by atoms with Crippen molar-refractivity contribution in [2.45, 2.75) is 26.8 Å². The number of halogens is 1. The van der Waals surface area contributed by atoms with E-state index in [2.05, 4.69) is 41.6 Å². The molecule has 2 heterocycles. The topological polar surface area (TPSA) is 30.7 Å². The maximum atomic E-state index is 5.91. The molecule has 0 atom stereocenters. The number of thiazole rings is 1. The van der Waals surface area contributed by atoms with Crippen LogP contribution in [0.25, 0.3) is 11.0 Å². The number of rotatable bonds is 4. The molecule has 0 aliphatic carbocycles. The quantitative estimate of drug-likeness (QED) is 0.684. The van der Waals surface area contributed by atoms with Crippen LogP contribution in [0.15, 0.2) is 24.4 Å². The number of nitrogens with zero attached hydrogens (tertiary/aromatic N) is 3. The van der Waals surface area contributed by atoms with Crippen molar-refractivity contribution < 1.29 is 0 Å². The van der Waals surface area contributed by atoms with Crippen LogP contribution in [0.3, 0.4) is 0 Å². The fourth-order valence-corrected chi connectivity index (χ4v) is 3.30. The lowest BCUT2D eigenvalue weighted by Gasteiger charge is -2.06. The lowest BCUT2D eigenvalue weighted by atomic mass is 10.2. The summed E-state index contributed by atoms with van der Waals surface area (Å²) in [6, 6.07) is 6.38. The second-order valence-electron chi connectivity index (χ2n) is 4.91. The Kier molecular flexibility index (Phi) is 3.76. The summed E-state index contributed by atoms with van der Waals surface area (Å²) in [5.41, 5.74) is 3.42. The van der Waals surface area contributed by atoms with Crippen LogP contribution >= 0.6 is 22.9 Å². The third kappa shape index (κ3) is 2.58. The third-order valence-corrected chi connectivity index (χ3v) is 4.35. The summed E-state index contributed by atoms with van der Waals surface area (Å²) in [4.78, 5) is 10.4. The molecule has 0 fully saturated rings. The standard InChI is InChI=1S/C15H16ClN3S/c1-10-3-4-13-12(7-10)18-14(5-6-16)19(13)9-15-17-8-11(2)20-15/h3-4,7-8H,5-6,9H2,1-2H3. The number of benzene rings is 1. The van der Waals surface area contributed by atoms with Gasteiger partial charge in [0.05, 0.1) is 17.6 Å². The van der Waals surface area contributed by atoms with Crippen molar-refractivity contribution in [3.8, 4) is 0 Å². The van der Waals surface area contributed by atoms with Gasteiger partial charge < -0.3 is 4.57 Å². The molecule has 0 aliphatic rings. The molecule has 3 rings (SSSR count). The predicted octanol–water partition coefficient (Wildman–Crippen LogP) is 3.94. The minimum absolute atomic E-state index is 0.583. The van der Waals surface area contributed by atoms with Crippen LogP contribution in [-0.4, -0.2) is 20.4 Å². The van der Waals surface area contributed by atoms with E-state index >= 15 is 0 Å². The Morgan fingerprint density at radius 3 is 2.85 bits per heavy atom. The zero-order valence-corrected chi connectivity index (χ0v) is 13.1. The first-order chi connectivity index (χ1) is 9.67. The Labute approximate surface area is 127 Å². The molecule has 20 heavy (non-hydrogen) atoms. The van der Waals surface area contributed by atoms with Gasteiger partial charge in [-0.05, 0) is 31.5 Å². The molecule has 0 amide bonds. The van der Waals surface area contributed by atoms with Crippen LogP contribution in [-0.2, 0) is 13.0 Å². The van der Waals surface area contributed by atoms with E-state index in [4.69, 9.17) is 16.6 Å². The van der Waals surface area contributed by atoms with E-state index in [1.54, 1.807) is 11.3 Å². The SMILES string of the molecule is Cc1ccc2c(c1)nc(CCCl)n2Cc1ncc(C)s1. The third-order valence-electron chi connectivity index (χ3n) is 3.26. The number of fused-ring (bicyclic) bond motifs is 1. The minimum Gasteiger partial charge on any atom is -0.321 e. The molecule has 1 aromatic carbocycles. The monoisotopic (exact) mass is 305 g/mol. The normalized spacial score (nSPS) is 11.3. The Morgan fingerprint density at radius 1 is 1.30 bits per heavy atom. The lowest BCUT2D eigenvalue weighted by Crippen LogP contribution is -2.05. The van der Waals surface area contributed by atoms with Gasteiger partial charge in [-0.3, -0.25) is 0 Å². The Morgan fingerprint density at radius 2 is 2.15 bits per heavy atom. The van der Waals surface area contributed by atoms with Crippen LogP contribution in [0.5, 0.6) is 0 Å². The van der Waals surface area contributed by atoms with E-state index in [0.717, 1.165) is 34.8 Å². The second kappa shape index (κ2) is 5.54. The number of aryl methyl sites for hydroxylation is 3. The maximum Gasteiger partial charge on any atom is 0.113 e. The molecular weight excluding hydrogens is 290 g/mol. The van der Waals surface area contributed by atoms with Crippen molar-refractivity contribution in [1.82, 2.24) is 14.5 Å². The van der Waals surface area contributed by atoms with Crippen molar-refractivity contribution in [2.24, 2.45) is 0 Å². The van der Waals surface area contributed by atoms with Gasteiger partial charge >= 0.3 is 0 Å². The molecule has 0 unspecified atom stereocenters. The first kappa shape index (κ1) is 13.6. The Bertz CT molecular complexity index is 745. The Hall–Kier alpha value is -1.39. The molecule has 0 saturated heterocycles. The van der Waals surface area contributed by atoms with E-state index in [9.17, 15) is 0 Å². The number of hydrogen-bond acceptors (Lipinski definition) is 3. The van der Waals surface area contributed by atoms with Crippen LogP contribution in [0.2, 0.25) is 0 Å². The van der Waals surface area contributed by atoms with E-state index in [0.29, 0.717) is 5.88 Å². The molecule has 0 bridgehead atoms. The average molecular weight is 306 g/mol. The molecule has 3 nitrogen and oxygen atoms in total. The van der Waals surface area contributed by atoms with Gasteiger partial charge in [0.15, 0.2) is 0 Å². The van der Waals surface area contributed by atoms with Crippen molar-refractivity contribution in [3.63, 3.8) is 0 Å². The van der Waals surface area contributed by atoms with E-state index in [1.165, 1.54) is 10.4 Å². The van der Waals surface area contributed by atoms with Gasteiger partial charge in [0.1, 0.15) is 10.8 Å². The molecule has 0 radical (unpaired) electrons. The fraction of sp³-hybridized carbons (Fsp3) is 0.333. The molecular formula is C15H16ClN3S. The van der Waals surface area contributed by atoms with Gasteiger partial charge in [0.2, 0.25) is 0 Å². The fourth-order valence-electron chi connectivity index (χ4n) is 2.35. The summed E-state index contributed by atoms with van der Waals surface area (Å²) in [5, 5.41) is 1.11. The van der Waals surface area contributed by atoms with Crippen molar-refractivity contribution in [2.75, 3.05) is 5.88 Å². The van der Waals surface area contributed by atoms with Crippen molar-refractivity contribution >= 4 is 34.0 Å². The average Bonchev–Trinajstić information content (AvgIpc) is 2.95. The van der Waals surface area contributed by atoms with Gasteiger partial charge in [0.25, 0.3) is 0 Å². The number of alkyl halides is 1. The van der Waals surface area contributed by atoms with Crippen LogP contribution in [0.1, 0.15) is 21.3 Å².